The van der Waals surface area contributed by atoms with Crippen LogP contribution in [0.1, 0.15) is 50.0 Å². The number of nitrogens with zero attached hydrogens (tertiary/aromatic N) is 1. The highest BCUT2D eigenvalue weighted by atomic mass is 35.5. The van der Waals surface area contributed by atoms with Crippen LogP contribution in [0.15, 0.2) is 42.5 Å². The maximum Gasteiger partial charge on any atom is 0.261 e. The average molecular weight is 430 g/mol. The normalized spacial score (nSPS) is 17.5. The lowest BCUT2D eigenvalue weighted by atomic mass is 10.1. The van der Waals surface area contributed by atoms with E-state index in [0.717, 1.165) is 19.5 Å². The Bertz CT molecular complexity index is 938. The third-order valence-electron chi connectivity index (χ3n) is 5.20. The smallest absolute Gasteiger partial charge is 0.261 e. The molecule has 2 heterocycles. The average Bonchev–Trinajstić information content (AvgIpc) is 3.32. The summed E-state index contributed by atoms with van der Waals surface area (Å²) in [6.07, 6.45) is 0.879. The van der Waals surface area contributed by atoms with Crippen LogP contribution in [0.3, 0.4) is 0 Å². The maximum atomic E-state index is 12.8. The molecule has 0 spiro atoms. The van der Waals surface area contributed by atoms with Crippen molar-refractivity contribution in [3.63, 3.8) is 0 Å². The molecule has 0 aliphatic carbocycles. The molecule has 2 N–H and O–H groups in total. The molecule has 4 rings (SSSR count). The molecule has 1 fully saturated rings. The lowest BCUT2D eigenvalue weighted by Crippen LogP contribution is -2.36. The monoisotopic (exact) mass is 429 g/mol. The summed E-state index contributed by atoms with van der Waals surface area (Å²) in [5.41, 5.74) is 1.93. The molecular weight excluding hydrogens is 406 g/mol. The fraction of sp³-hybridized carbons (Fsp3) is 0.318. The van der Waals surface area contributed by atoms with Gasteiger partial charge in [0, 0.05) is 12.6 Å². The number of hydrogen-bond acceptors (Lipinski definition) is 5. The third-order valence-corrected chi connectivity index (χ3v) is 5.20. The van der Waals surface area contributed by atoms with E-state index in [0.29, 0.717) is 34.6 Å². The van der Waals surface area contributed by atoms with Crippen molar-refractivity contribution >= 4 is 30.1 Å². The molecule has 0 aromatic heterocycles. The first-order valence-corrected chi connectivity index (χ1v) is 9.81. The largest absolute Gasteiger partial charge is 0.493 e. The Morgan fingerprint density at radius 3 is 2.47 bits per heavy atom. The molecule has 3 amide bonds. The highest BCUT2D eigenvalue weighted by molar-refractivity contribution is 6.21. The Kier molecular flexibility index (Phi) is 6.74. The fourth-order valence-electron chi connectivity index (χ4n) is 3.74. The van der Waals surface area contributed by atoms with Crippen LogP contribution in [0, 0.1) is 0 Å². The van der Waals surface area contributed by atoms with E-state index in [4.69, 9.17) is 4.74 Å². The molecule has 1 unspecified atom stereocenters. The van der Waals surface area contributed by atoms with Gasteiger partial charge in [-0.05, 0) is 49.7 Å². The number of nitrogens with one attached hydrogen (secondary N) is 2. The van der Waals surface area contributed by atoms with Gasteiger partial charge in [0.05, 0.1) is 29.8 Å². The zero-order chi connectivity index (χ0) is 20.4. The number of halogens is 1. The van der Waals surface area contributed by atoms with Gasteiger partial charge in [0.2, 0.25) is 0 Å². The van der Waals surface area contributed by atoms with Gasteiger partial charge in [-0.2, -0.15) is 0 Å². The molecule has 1 saturated heterocycles. The van der Waals surface area contributed by atoms with E-state index in [1.54, 1.807) is 42.5 Å². The van der Waals surface area contributed by atoms with Gasteiger partial charge in [-0.25, -0.2) is 0 Å². The molecule has 2 aliphatic heterocycles. The van der Waals surface area contributed by atoms with Crippen molar-refractivity contribution in [3.05, 3.63) is 64.7 Å². The summed E-state index contributed by atoms with van der Waals surface area (Å²) in [7, 11) is 0. The molecule has 1 atom stereocenters. The molecule has 8 heteroatoms. The van der Waals surface area contributed by atoms with E-state index in [2.05, 4.69) is 10.6 Å². The number of hydrogen-bond donors (Lipinski definition) is 2. The summed E-state index contributed by atoms with van der Waals surface area (Å²) in [5, 5.41) is 6.24. The minimum absolute atomic E-state index is 0. The quantitative estimate of drug-likeness (QED) is 0.688. The first kappa shape index (κ1) is 21.8. The number of ether oxygens (including phenoxy) is 1. The van der Waals surface area contributed by atoms with Gasteiger partial charge in [0.1, 0.15) is 5.75 Å². The van der Waals surface area contributed by atoms with E-state index in [9.17, 15) is 14.4 Å². The zero-order valence-electron chi connectivity index (χ0n) is 16.6. The van der Waals surface area contributed by atoms with Crippen molar-refractivity contribution in [2.45, 2.75) is 25.9 Å². The Hall–Kier alpha value is -2.90. The fourth-order valence-corrected chi connectivity index (χ4v) is 3.74. The van der Waals surface area contributed by atoms with Crippen LogP contribution < -0.4 is 15.4 Å². The van der Waals surface area contributed by atoms with E-state index >= 15 is 0 Å². The number of fused-ring (bicyclic) bond motifs is 1. The second-order valence-electron chi connectivity index (χ2n) is 7.17. The molecule has 30 heavy (non-hydrogen) atoms. The molecular formula is C22H24ClN3O4. The summed E-state index contributed by atoms with van der Waals surface area (Å²) in [6.45, 7) is 4.01. The molecule has 7 nitrogen and oxygen atoms in total. The van der Waals surface area contributed by atoms with Crippen LogP contribution in [0.25, 0.3) is 0 Å². The summed E-state index contributed by atoms with van der Waals surface area (Å²) < 4.78 is 5.62. The van der Waals surface area contributed by atoms with Crippen molar-refractivity contribution < 1.29 is 19.1 Å². The first-order valence-electron chi connectivity index (χ1n) is 9.81. The first-order chi connectivity index (χ1) is 14.1. The summed E-state index contributed by atoms with van der Waals surface area (Å²) in [4.78, 5) is 39.3. The number of carbonyl (C=O) groups is 3. The SMILES string of the molecule is CCOc1ccc(CN2C(=O)c3ccccc3C2=O)cc1C(=O)NC1CCNC1.Cl. The Balaban J connectivity index is 0.00000256. The zero-order valence-corrected chi connectivity index (χ0v) is 17.5. The Morgan fingerprint density at radius 1 is 1.17 bits per heavy atom. The predicted octanol–water partition coefficient (Wildman–Crippen LogP) is 2.40. The summed E-state index contributed by atoms with van der Waals surface area (Å²) in [5.74, 6) is -0.363. The van der Waals surface area contributed by atoms with Gasteiger partial charge in [0.15, 0.2) is 0 Å². The molecule has 0 radical (unpaired) electrons. The van der Waals surface area contributed by atoms with Crippen molar-refractivity contribution in [1.29, 1.82) is 0 Å². The van der Waals surface area contributed by atoms with Crippen molar-refractivity contribution in [2.24, 2.45) is 0 Å². The lowest BCUT2D eigenvalue weighted by molar-refractivity contribution is 0.0642. The minimum Gasteiger partial charge on any atom is -0.493 e. The van der Waals surface area contributed by atoms with E-state index in [-0.39, 0.29) is 42.7 Å². The number of amides is 3. The van der Waals surface area contributed by atoms with Gasteiger partial charge < -0.3 is 15.4 Å². The van der Waals surface area contributed by atoms with Crippen LogP contribution in [0.5, 0.6) is 5.75 Å². The van der Waals surface area contributed by atoms with Crippen molar-refractivity contribution in [1.82, 2.24) is 15.5 Å². The summed E-state index contributed by atoms with van der Waals surface area (Å²) in [6, 6.07) is 12.1. The molecule has 0 bridgehead atoms. The molecule has 2 aromatic rings. The second kappa shape index (κ2) is 9.28. The van der Waals surface area contributed by atoms with E-state index in [1.807, 2.05) is 6.92 Å². The maximum absolute atomic E-state index is 12.8. The van der Waals surface area contributed by atoms with Gasteiger partial charge in [-0.15, -0.1) is 12.4 Å². The Morgan fingerprint density at radius 2 is 1.87 bits per heavy atom. The second-order valence-corrected chi connectivity index (χ2v) is 7.17. The van der Waals surface area contributed by atoms with E-state index < -0.39 is 0 Å². The molecule has 2 aliphatic rings. The Labute approximate surface area is 181 Å². The third kappa shape index (κ3) is 4.17. The lowest BCUT2D eigenvalue weighted by Gasteiger charge is -2.17. The van der Waals surface area contributed by atoms with Gasteiger partial charge in [-0.3, -0.25) is 19.3 Å². The van der Waals surface area contributed by atoms with Crippen LogP contribution >= 0.6 is 12.4 Å². The minimum atomic E-state index is -0.317. The number of carbonyl (C=O) groups excluding carboxylic acids is 3. The number of rotatable bonds is 6. The highest BCUT2D eigenvalue weighted by Crippen LogP contribution is 2.26. The van der Waals surface area contributed by atoms with Crippen LogP contribution in [0.2, 0.25) is 0 Å². The molecule has 158 valence electrons. The standard InChI is InChI=1S/C22H23N3O4.ClH/c1-2-29-19-8-7-14(11-18(19)20(26)24-15-9-10-23-12-15)13-25-21(27)16-5-3-4-6-17(16)22(25)28;/h3-8,11,15,23H,2,9-10,12-13H2,1H3,(H,24,26);1H. The highest BCUT2D eigenvalue weighted by Gasteiger charge is 2.35. The van der Waals surface area contributed by atoms with Crippen molar-refractivity contribution in [2.75, 3.05) is 19.7 Å². The van der Waals surface area contributed by atoms with Crippen molar-refractivity contribution in [3.8, 4) is 5.75 Å². The van der Waals surface area contributed by atoms with Gasteiger partial charge >= 0.3 is 0 Å². The summed E-state index contributed by atoms with van der Waals surface area (Å²) >= 11 is 0. The number of imide groups is 1. The molecule has 0 saturated carbocycles. The number of benzene rings is 2. The van der Waals surface area contributed by atoms with E-state index in [1.165, 1.54) is 4.90 Å². The van der Waals surface area contributed by atoms with Gasteiger partial charge in [-0.1, -0.05) is 18.2 Å². The van der Waals surface area contributed by atoms with Crippen LogP contribution in [-0.4, -0.2) is 48.4 Å². The van der Waals surface area contributed by atoms with Gasteiger partial charge in [0.25, 0.3) is 17.7 Å². The topological polar surface area (TPSA) is 87.7 Å². The predicted molar refractivity (Wildman–Crippen MR) is 114 cm³/mol. The van der Waals surface area contributed by atoms with Crippen LogP contribution in [0.4, 0.5) is 0 Å². The molecule has 2 aromatic carbocycles. The van der Waals surface area contributed by atoms with Crippen LogP contribution in [-0.2, 0) is 6.54 Å².